The summed E-state index contributed by atoms with van der Waals surface area (Å²) in [5.41, 5.74) is 0. The molecule has 1 aliphatic rings. The Bertz CT molecular complexity index is 586. The van der Waals surface area contributed by atoms with Gasteiger partial charge in [-0.25, -0.2) is 21.9 Å². The Labute approximate surface area is 127 Å². The number of hydrogen-bond acceptors (Lipinski definition) is 5. The number of morpholine rings is 1. The van der Waals surface area contributed by atoms with Crippen LogP contribution in [0.2, 0.25) is 0 Å². The van der Waals surface area contributed by atoms with E-state index in [1.165, 1.54) is 0 Å². The maximum absolute atomic E-state index is 13.1. The molecule has 1 aromatic rings. The van der Waals surface area contributed by atoms with Gasteiger partial charge >= 0.3 is 0 Å². The number of halogens is 2. The minimum Gasteiger partial charge on any atom is -0.390 e. The molecule has 1 fully saturated rings. The van der Waals surface area contributed by atoms with Crippen LogP contribution in [-0.4, -0.2) is 63.9 Å². The first-order valence-corrected chi connectivity index (χ1v) is 8.29. The zero-order chi connectivity index (χ0) is 16.2. The molecule has 22 heavy (non-hydrogen) atoms. The van der Waals surface area contributed by atoms with Crippen LogP contribution in [0.3, 0.4) is 0 Å². The van der Waals surface area contributed by atoms with E-state index in [-0.39, 0.29) is 6.54 Å². The summed E-state index contributed by atoms with van der Waals surface area (Å²) in [5, 5.41) is 9.86. The first-order valence-electron chi connectivity index (χ1n) is 6.81. The minimum atomic E-state index is -4.07. The van der Waals surface area contributed by atoms with Crippen molar-refractivity contribution in [2.75, 3.05) is 39.4 Å². The van der Waals surface area contributed by atoms with Crippen molar-refractivity contribution in [2.24, 2.45) is 0 Å². The zero-order valence-corrected chi connectivity index (χ0v) is 12.7. The molecule has 9 heteroatoms. The number of ether oxygens (including phenoxy) is 1. The summed E-state index contributed by atoms with van der Waals surface area (Å²) in [4.78, 5) is 1.44. The van der Waals surface area contributed by atoms with Crippen LogP contribution in [0.1, 0.15) is 0 Å². The largest absolute Gasteiger partial charge is 0.390 e. The third-order valence-electron chi connectivity index (χ3n) is 3.23. The molecule has 2 rings (SSSR count). The molecular formula is C13H18F2N2O4S. The molecule has 0 amide bonds. The lowest BCUT2D eigenvalue weighted by atomic mass is 10.3. The molecule has 124 valence electrons. The third kappa shape index (κ3) is 4.96. The van der Waals surface area contributed by atoms with Crippen LogP contribution in [0.4, 0.5) is 8.78 Å². The van der Waals surface area contributed by atoms with E-state index in [1.54, 1.807) is 0 Å². The molecule has 1 saturated heterocycles. The standard InChI is InChI=1S/C13H18F2N2O4S/c14-10-5-11(15)7-13(6-10)22(19,20)16-8-12(18)9-17-1-3-21-4-2-17/h5-7,12,16,18H,1-4,8-9H2. The number of hydrogen-bond donors (Lipinski definition) is 2. The first kappa shape index (κ1) is 17.2. The minimum absolute atomic E-state index is 0.238. The van der Waals surface area contributed by atoms with Crippen molar-refractivity contribution >= 4 is 10.0 Å². The van der Waals surface area contributed by atoms with E-state index in [9.17, 15) is 22.3 Å². The lowest BCUT2D eigenvalue weighted by molar-refractivity contribution is 0.0158. The molecule has 0 bridgehead atoms. The van der Waals surface area contributed by atoms with Crippen LogP contribution in [0.5, 0.6) is 0 Å². The van der Waals surface area contributed by atoms with Gasteiger partial charge in [0, 0.05) is 32.2 Å². The van der Waals surface area contributed by atoms with Crippen LogP contribution in [0.15, 0.2) is 23.1 Å². The monoisotopic (exact) mass is 336 g/mol. The quantitative estimate of drug-likeness (QED) is 0.761. The van der Waals surface area contributed by atoms with E-state index in [2.05, 4.69) is 4.72 Å². The highest BCUT2D eigenvalue weighted by atomic mass is 32.2. The Morgan fingerprint density at radius 3 is 2.41 bits per heavy atom. The molecule has 0 spiro atoms. The fourth-order valence-electron chi connectivity index (χ4n) is 2.12. The van der Waals surface area contributed by atoms with Crippen molar-refractivity contribution in [1.82, 2.24) is 9.62 Å². The molecule has 6 nitrogen and oxygen atoms in total. The fraction of sp³-hybridized carbons (Fsp3) is 0.538. The van der Waals surface area contributed by atoms with E-state index in [0.29, 0.717) is 38.9 Å². The molecule has 0 saturated carbocycles. The molecule has 1 heterocycles. The van der Waals surface area contributed by atoms with Crippen LogP contribution < -0.4 is 4.72 Å². The Morgan fingerprint density at radius 1 is 1.23 bits per heavy atom. The second-order valence-electron chi connectivity index (χ2n) is 5.02. The number of β-amino-alcohol motifs (C(OH)–C–C–N with tert-alkyl or cyclic N) is 1. The average Bonchev–Trinajstić information content (AvgIpc) is 2.45. The molecule has 0 aromatic heterocycles. The number of nitrogens with one attached hydrogen (secondary N) is 1. The average molecular weight is 336 g/mol. The summed E-state index contributed by atoms with van der Waals surface area (Å²) in [7, 11) is -4.07. The Hall–Kier alpha value is -1.13. The molecule has 1 aliphatic heterocycles. The molecular weight excluding hydrogens is 318 g/mol. The van der Waals surface area contributed by atoms with Crippen LogP contribution in [0, 0.1) is 11.6 Å². The SMILES string of the molecule is O=S(=O)(NCC(O)CN1CCOCC1)c1cc(F)cc(F)c1. The van der Waals surface area contributed by atoms with E-state index < -0.39 is 32.7 Å². The van der Waals surface area contributed by atoms with E-state index in [4.69, 9.17) is 4.74 Å². The molecule has 1 aromatic carbocycles. The number of nitrogens with zero attached hydrogens (tertiary/aromatic N) is 1. The van der Waals surface area contributed by atoms with E-state index >= 15 is 0 Å². The van der Waals surface area contributed by atoms with Crippen LogP contribution >= 0.6 is 0 Å². The summed E-state index contributed by atoms with van der Waals surface area (Å²) in [6, 6.07) is 2.03. The topological polar surface area (TPSA) is 78.9 Å². The lowest BCUT2D eigenvalue weighted by Gasteiger charge is -2.28. The fourth-order valence-corrected chi connectivity index (χ4v) is 3.23. The summed E-state index contributed by atoms with van der Waals surface area (Å²) in [5.74, 6) is -1.96. The molecule has 1 atom stereocenters. The van der Waals surface area contributed by atoms with Gasteiger partial charge in [0.2, 0.25) is 10.0 Å². The second kappa shape index (κ2) is 7.42. The van der Waals surface area contributed by atoms with E-state index in [1.807, 2.05) is 4.90 Å². The summed E-state index contributed by atoms with van der Waals surface area (Å²) >= 11 is 0. The van der Waals surface area contributed by atoms with Crippen molar-refractivity contribution in [3.05, 3.63) is 29.8 Å². The molecule has 0 aliphatic carbocycles. The van der Waals surface area contributed by atoms with Gasteiger partial charge in [0.15, 0.2) is 0 Å². The Morgan fingerprint density at radius 2 is 1.82 bits per heavy atom. The number of benzene rings is 1. The summed E-state index contributed by atoms with van der Waals surface area (Å²) in [6.45, 7) is 2.53. The van der Waals surface area contributed by atoms with Gasteiger partial charge in [-0.3, -0.25) is 4.90 Å². The van der Waals surface area contributed by atoms with Crippen molar-refractivity contribution in [3.63, 3.8) is 0 Å². The predicted molar refractivity (Wildman–Crippen MR) is 74.8 cm³/mol. The van der Waals surface area contributed by atoms with E-state index in [0.717, 1.165) is 12.1 Å². The first-order chi connectivity index (χ1) is 10.4. The maximum Gasteiger partial charge on any atom is 0.240 e. The highest BCUT2D eigenvalue weighted by Crippen LogP contribution is 2.13. The number of rotatable bonds is 6. The van der Waals surface area contributed by atoms with Crippen LogP contribution in [-0.2, 0) is 14.8 Å². The van der Waals surface area contributed by atoms with Crippen molar-refractivity contribution < 1.29 is 27.0 Å². The van der Waals surface area contributed by atoms with Gasteiger partial charge in [-0.05, 0) is 12.1 Å². The normalized spacial score (nSPS) is 18.3. The Kier molecular flexibility index (Phi) is 5.81. The second-order valence-corrected chi connectivity index (χ2v) is 6.79. The maximum atomic E-state index is 13.1. The predicted octanol–water partition coefficient (Wildman–Crippen LogP) is -0.0638. The highest BCUT2D eigenvalue weighted by molar-refractivity contribution is 7.89. The van der Waals surface area contributed by atoms with Gasteiger partial charge in [0.25, 0.3) is 0 Å². The highest BCUT2D eigenvalue weighted by Gasteiger charge is 2.20. The Balaban J connectivity index is 1.91. The molecule has 0 radical (unpaired) electrons. The summed E-state index contributed by atoms with van der Waals surface area (Å²) < 4.78 is 57.3. The lowest BCUT2D eigenvalue weighted by Crippen LogP contribution is -2.44. The number of sulfonamides is 1. The number of aliphatic hydroxyl groups excluding tert-OH is 1. The smallest absolute Gasteiger partial charge is 0.240 e. The zero-order valence-electron chi connectivity index (χ0n) is 11.8. The van der Waals surface area contributed by atoms with Gasteiger partial charge in [0.1, 0.15) is 11.6 Å². The molecule has 2 N–H and O–H groups in total. The van der Waals surface area contributed by atoms with Gasteiger partial charge in [-0.1, -0.05) is 0 Å². The van der Waals surface area contributed by atoms with Crippen molar-refractivity contribution in [3.8, 4) is 0 Å². The summed E-state index contributed by atoms with van der Waals surface area (Å²) in [6.07, 6.45) is -0.925. The van der Waals surface area contributed by atoms with Gasteiger partial charge in [0.05, 0.1) is 24.2 Å². The van der Waals surface area contributed by atoms with Crippen molar-refractivity contribution in [1.29, 1.82) is 0 Å². The van der Waals surface area contributed by atoms with Gasteiger partial charge < -0.3 is 9.84 Å². The van der Waals surface area contributed by atoms with Crippen LogP contribution in [0.25, 0.3) is 0 Å². The van der Waals surface area contributed by atoms with Crippen molar-refractivity contribution in [2.45, 2.75) is 11.0 Å². The van der Waals surface area contributed by atoms with Gasteiger partial charge in [-0.2, -0.15) is 0 Å². The number of aliphatic hydroxyl groups is 1. The van der Waals surface area contributed by atoms with Gasteiger partial charge in [-0.15, -0.1) is 0 Å². The molecule has 1 unspecified atom stereocenters. The third-order valence-corrected chi connectivity index (χ3v) is 4.63.